The van der Waals surface area contributed by atoms with Crippen LogP contribution in [-0.2, 0) is 4.74 Å². The van der Waals surface area contributed by atoms with E-state index in [0.717, 1.165) is 6.07 Å². The van der Waals surface area contributed by atoms with Crippen LogP contribution in [0, 0.1) is 5.82 Å². The van der Waals surface area contributed by atoms with E-state index < -0.39 is 17.6 Å². The molecule has 1 N–H and O–H groups in total. The van der Waals surface area contributed by atoms with Gasteiger partial charge in [0.15, 0.2) is 0 Å². The Hall–Kier alpha value is -2.09. The molecule has 0 saturated carbocycles. The quantitative estimate of drug-likeness (QED) is 0.832. The lowest BCUT2D eigenvalue weighted by molar-refractivity contribution is 0.00248. The summed E-state index contributed by atoms with van der Waals surface area (Å²) in [6.45, 7) is 8.36. The number of phenolic OH excluding ortho intramolecular Hbond substituents is 1. The molecule has 1 amide bonds. The van der Waals surface area contributed by atoms with E-state index >= 15 is 0 Å². The van der Waals surface area contributed by atoms with Gasteiger partial charge in [0.25, 0.3) is 0 Å². The first-order valence-electron chi connectivity index (χ1n) is 9.73. The molecule has 2 saturated heterocycles. The fraction of sp³-hybridized carbons (Fsp3) is 0.650. The van der Waals surface area contributed by atoms with Crippen molar-refractivity contribution in [1.82, 2.24) is 9.80 Å². The normalized spacial score (nSPS) is 24.3. The van der Waals surface area contributed by atoms with Gasteiger partial charge in [-0.3, -0.25) is 4.90 Å². The molecule has 0 aromatic heterocycles. The molecule has 0 spiro atoms. The highest BCUT2D eigenvalue weighted by Crippen LogP contribution is 2.29. The molecule has 6 nitrogen and oxygen atoms in total. The third-order valence-corrected chi connectivity index (χ3v) is 5.21. The van der Waals surface area contributed by atoms with E-state index in [1.54, 1.807) is 9.80 Å². The largest absolute Gasteiger partial charge is 0.508 e. The zero-order valence-corrected chi connectivity index (χ0v) is 16.7. The molecule has 1 aromatic carbocycles. The number of phenols is 1. The van der Waals surface area contributed by atoms with E-state index in [-0.39, 0.29) is 24.4 Å². The Morgan fingerprint density at radius 2 is 1.86 bits per heavy atom. The highest BCUT2D eigenvalue weighted by Gasteiger charge is 2.36. The molecular weight excluding hydrogens is 368 g/mol. The van der Waals surface area contributed by atoms with Gasteiger partial charge in [-0.2, -0.15) is 0 Å². The van der Waals surface area contributed by atoms with E-state index in [0.29, 0.717) is 44.8 Å². The lowest BCUT2D eigenvalue weighted by Gasteiger charge is -2.44. The van der Waals surface area contributed by atoms with Gasteiger partial charge in [-0.1, -0.05) is 0 Å². The maximum Gasteiger partial charge on any atom is 0.410 e. The number of alkyl halides is 1. The van der Waals surface area contributed by atoms with Crippen molar-refractivity contribution in [3.8, 4) is 5.75 Å². The molecule has 0 aliphatic carbocycles. The lowest BCUT2D eigenvalue weighted by Crippen LogP contribution is -2.58. The van der Waals surface area contributed by atoms with Crippen molar-refractivity contribution < 1.29 is 23.4 Å². The number of amides is 1. The van der Waals surface area contributed by atoms with Crippen molar-refractivity contribution in [3.63, 3.8) is 0 Å². The number of hydrogen-bond donors (Lipinski definition) is 1. The molecule has 3 rings (SSSR count). The maximum absolute atomic E-state index is 14.9. The molecule has 0 unspecified atom stereocenters. The lowest BCUT2D eigenvalue weighted by atomic mass is 9.99. The van der Waals surface area contributed by atoms with E-state index in [4.69, 9.17) is 4.74 Å². The summed E-state index contributed by atoms with van der Waals surface area (Å²) in [6, 6.07) is 3.70. The van der Waals surface area contributed by atoms with Crippen LogP contribution in [0.15, 0.2) is 18.2 Å². The third-order valence-electron chi connectivity index (χ3n) is 5.21. The summed E-state index contributed by atoms with van der Waals surface area (Å²) in [5.41, 5.74) is -0.220. The summed E-state index contributed by atoms with van der Waals surface area (Å²) in [5.74, 6) is -0.688. The van der Waals surface area contributed by atoms with Gasteiger partial charge in [-0.05, 0) is 39.3 Å². The molecule has 0 radical (unpaired) electrons. The van der Waals surface area contributed by atoms with E-state index in [9.17, 15) is 18.7 Å². The molecule has 156 valence electrons. The highest BCUT2D eigenvalue weighted by atomic mass is 19.1. The monoisotopic (exact) mass is 397 g/mol. The Morgan fingerprint density at radius 1 is 1.18 bits per heavy atom. The summed E-state index contributed by atoms with van der Waals surface area (Å²) in [6.07, 6.45) is -0.870. The molecule has 2 aliphatic heterocycles. The summed E-state index contributed by atoms with van der Waals surface area (Å²) >= 11 is 0. The third kappa shape index (κ3) is 4.84. The van der Waals surface area contributed by atoms with Gasteiger partial charge in [0.2, 0.25) is 0 Å². The van der Waals surface area contributed by atoms with Gasteiger partial charge in [0.1, 0.15) is 23.3 Å². The fourth-order valence-corrected chi connectivity index (χ4v) is 3.84. The zero-order chi connectivity index (χ0) is 20.5. The summed E-state index contributed by atoms with van der Waals surface area (Å²) in [4.78, 5) is 17.6. The number of hydrogen-bond acceptors (Lipinski definition) is 5. The predicted octanol–water partition coefficient (Wildman–Crippen LogP) is 3.00. The predicted molar refractivity (Wildman–Crippen MR) is 103 cm³/mol. The van der Waals surface area contributed by atoms with Gasteiger partial charge in [-0.25, -0.2) is 13.6 Å². The molecule has 2 aliphatic rings. The molecule has 1 aromatic rings. The Balaban J connectivity index is 1.54. The summed E-state index contributed by atoms with van der Waals surface area (Å²) < 4.78 is 34.4. The second-order valence-corrected chi connectivity index (χ2v) is 8.46. The number of anilines is 1. The van der Waals surface area contributed by atoms with Crippen molar-refractivity contribution in [3.05, 3.63) is 24.0 Å². The molecule has 0 bridgehead atoms. The van der Waals surface area contributed by atoms with Gasteiger partial charge in [-0.15, -0.1) is 0 Å². The van der Waals surface area contributed by atoms with Crippen LogP contribution < -0.4 is 4.90 Å². The van der Waals surface area contributed by atoms with Crippen molar-refractivity contribution in [2.45, 2.75) is 45.0 Å². The standard InChI is InChI=1S/C20H29F2N3O3/c1-20(2,3)28-19(27)24-10-8-23(9-11-24)18-6-7-25(13-16(18)22)17-5-4-14(26)12-15(17)21/h4-5,12,16,18,26H,6-11,13H2,1-3H3/t16-,18+/m0/s1. The Kier molecular flexibility index (Phi) is 5.98. The first-order valence-corrected chi connectivity index (χ1v) is 9.73. The number of piperazine rings is 1. The SMILES string of the molecule is CC(C)(C)OC(=O)N1CCN([C@@H]2CCN(c3ccc(O)cc3F)C[C@@H]2F)CC1. The number of carbonyl (C=O) groups is 1. The van der Waals surface area contributed by atoms with Crippen LogP contribution in [0.4, 0.5) is 19.3 Å². The van der Waals surface area contributed by atoms with Crippen LogP contribution in [0.5, 0.6) is 5.75 Å². The number of rotatable bonds is 2. The summed E-state index contributed by atoms with van der Waals surface area (Å²) in [7, 11) is 0. The van der Waals surface area contributed by atoms with Crippen LogP contribution in [0.2, 0.25) is 0 Å². The Labute approximate surface area is 164 Å². The van der Waals surface area contributed by atoms with Crippen molar-refractivity contribution in [2.24, 2.45) is 0 Å². The fourth-order valence-electron chi connectivity index (χ4n) is 3.84. The number of nitrogens with zero attached hydrogens (tertiary/aromatic N) is 3. The molecule has 28 heavy (non-hydrogen) atoms. The molecule has 2 heterocycles. The minimum Gasteiger partial charge on any atom is -0.508 e. The van der Waals surface area contributed by atoms with Crippen LogP contribution in [0.3, 0.4) is 0 Å². The van der Waals surface area contributed by atoms with Gasteiger partial charge < -0.3 is 19.6 Å². The number of benzene rings is 1. The highest BCUT2D eigenvalue weighted by molar-refractivity contribution is 5.68. The van der Waals surface area contributed by atoms with Crippen LogP contribution in [0.1, 0.15) is 27.2 Å². The minimum atomic E-state index is -1.12. The van der Waals surface area contributed by atoms with Crippen molar-refractivity contribution in [1.29, 1.82) is 0 Å². The molecule has 2 fully saturated rings. The Bertz CT molecular complexity index is 702. The first-order chi connectivity index (χ1) is 13.1. The van der Waals surface area contributed by atoms with Crippen LogP contribution in [0.25, 0.3) is 0 Å². The number of aromatic hydroxyl groups is 1. The van der Waals surface area contributed by atoms with E-state index in [2.05, 4.69) is 4.90 Å². The maximum atomic E-state index is 14.9. The van der Waals surface area contributed by atoms with Crippen molar-refractivity contribution >= 4 is 11.8 Å². The van der Waals surface area contributed by atoms with Gasteiger partial charge in [0, 0.05) is 44.8 Å². The second kappa shape index (κ2) is 8.11. The number of piperidine rings is 1. The van der Waals surface area contributed by atoms with Crippen molar-refractivity contribution in [2.75, 3.05) is 44.2 Å². The van der Waals surface area contributed by atoms with E-state index in [1.807, 2.05) is 20.8 Å². The number of carbonyl (C=O) groups excluding carboxylic acids is 1. The topological polar surface area (TPSA) is 56.2 Å². The molecule has 2 atom stereocenters. The molecular formula is C20H29F2N3O3. The summed E-state index contributed by atoms with van der Waals surface area (Å²) in [5, 5.41) is 9.35. The zero-order valence-electron chi connectivity index (χ0n) is 16.7. The van der Waals surface area contributed by atoms with Crippen LogP contribution >= 0.6 is 0 Å². The van der Waals surface area contributed by atoms with E-state index in [1.165, 1.54) is 12.1 Å². The molecule has 8 heteroatoms. The average molecular weight is 397 g/mol. The van der Waals surface area contributed by atoms with Gasteiger partial charge in [0.05, 0.1) is 12.2 Å². The first kappa shape index (κ1) is 20.6. The smallest absolute Gasteiger partial charge is 0.410 e. The number of ether oxygens (including phenoxy) is 1. The van der Waals surface area contributed by atoms with Crippen LogP contribution in [-0.4, -0.2) is 78.1 Å². The Morgan fingerprint density at radius 3 is 2.43 bits per heavy atom. The average Bonchev–Trinajstić information content (AvgIpc) is 2.60. The second-order valence-electron chi connectivity index (χ2n) is 8.46. The van der Waals surface area contributed by atoms with Gasteiger partial charge >= 0.3 is 6.09 Å². The minimum absolute atomic E-state index is 0.110. The number of halogens is 2.